The van der Waals surface area contributed by atoms with Crippen LogP contribution in [-0.2, 0) is 39.9 Å². The molecule has 16 heteroatoms. The van der Waals surface area contributed by atoms with Gasteiger partial charge in [0.1, 0.15) is 36.5 Å². The third kappa shape index (κ3) is 10.3. The molecule has 1 aliphatic rings. The van der Waals surface area contributed by atoms with Gasteiger partial charge in [0.2, 0.25) is 17.7 Å². The number of aromatic hydroxyl groups is 1. The Balaban J connectivity index is 1.48. The number of phenols is 1. The summed E-state index contributed by atoms with van der Waals surface area (Å²) in [5.74, 6) is -7.70. The molecule has 274 valence electrons. The van der Waals surface area contributed by atoms with E-state index < -0.39 is 85.2 Å². The monoisotopic (exact) mass is 718 g/mol. The first-order valence-electron chi connectivity index (χ1n) is 16.2. The predicted molar refractivity (Wildman–Crippen MR) is 182 cm³/mol. The second-order valence-electron chi connectivity index (χ2n) is 12.1. The average molecular weight is 719 g/mol. The van der Waals surface area contributed by atoms with Crippen LogP contribution in [0.1, 0.15) is 48.8 Å². The molecule has 0 heterocycles. The van der Waals surface area contributed by atoms with Gasteiger partial charge in [-0.15, -0.1) is 0 Å². The number of carboxylic acids is 3. The van der Waals surface area contributed by atoms with E-state index >= 15 is 0 Å². The number of rotatable bonds is 17. The van der Waals surface area contributed by atoms with Crippen LogP contribution in [0.3, 0.4) is 0 Å². The second kappa shape index (κ2) is 17.5. The maximum Gasteiger partial charge on any atom is 0.407 e. The van der Waals surface area contributed by atoms with Crippen LogP contribution in [0.5, 0.6) is 5.75 Å². The highest BCUT2D eigenvalue weighted by Gasteiger charge is 2.33. The Morgan fingerprint density at radius 1 is 0.673 bits per heavy atom. The summed E-state index contributed by atoms with van der Waals surface area (Å²) in [5.41, 5.74) is 4.22. The van der Waals surface area contributed by atoms with E-state index in [1.807, 2.05) is 48.5 Å². The van der Waals surface area contributed by atoms with Crippen LogP contribution in [-0.4, -0.2) is 92.9 Å². The lowest BCUT2D eigenvalue weighted by Gasteiger charge is -2.25. The van der Waals surface area contributed by atoms with Crippen molar-refractivity contribution >= 4 is 41.7 Å². The highest BCUT2D eigenvalue weighted by atomic mass is 16.5. The molecule has 0 aromatic heterocycles. The molecule has 0 spiro atoms. The standard InChI is InChI=1S/C36H38N4O12/c1-19(35(49)50)37-33(47)28(16-20-10-12-21(41)13-11-20)39-32(46)27(14-15-30(42)43)38-34(48)29(17-31(44)45)40-36(51)52-18-26-24-8-4-2-6-22(24)23-7-3-5-9-25(23)26/h2-13,19,26-29,41H,14-18H2,1H3,(H,37,47)(H,38,48)(H,39,46)(H,40,51)(H,42,43)(H,44,45)(H,49,50)/t19-,27-,28-,29-/m0/s1. The van der Waals surface area contributed by atoms with E-state index in [4.69, 9.17) is 4.74 Å². The van der Waals surface area contributed by atoms with E-state index in [1.54, 1.807) is 0 Å². The summed E-state index contributed by atoms with van der Waals surface area (Å²) in [5, 5.41) is 46.8. The van der Waals surface area contributed by atoms with Crippen molar-refractivity contribution in [2.45, 2.75) is 62.7 Å². The van der Waals surface area contributed by atoms with Gasteiger partial charge in [-0.3, -0.25) is 28.8 Å². The van der Waals surface area contributed by atoms with Gasteiger partial charge >= 0.3 is 24.0 Å². The zero-order chi connectivity index (χ0) is 37.9. The lowest BCUT2D eigenvalue weighted by Crippen LogP contribution is -2.58. The molecule has 0 aliphatic heterocycles. The molecule has 3 aromatic rings. The highest BCUT2D eigenvalue weighted by molar-refractivity contribution is 5.96. The Kier molecular flexibility index (Phi) is 12.9. The topological polar surface area (TPSA) is 258 Å². The average Bonchev–Trinajstić information content (AvgIpc) is 3.42. The van der Waals surface area contributed by atoms with Crippen molar-refractivity contribution in [1.82, 2.24) is 21.3 Å². The van der Waals surface area contributed by atoms with Gasteiger partial charge in [-0.25, -0.2) is 4.79 Å². The number of fused-ring (bicyclic) bond motifs is 3. The molecule has 0 saturated carbocycles. The van der Waals surface area contributed by atoms with Crippen LogP contribution in [0.2, 0.25) is 0 Å². The molecule has 0 saturated heterocycles. The molecule has 0 fully saturated rings. The fraction of sp³-hybridized carbons (Fsp3) is 0.306. The first-order chi connectivity index (χ1) is 24.7. The summed E-state index contributed by atoms with van der Waals surface area (Å²) >= 11 is 0. The van der Waals surface area contributed by atoms with E-state index in [1.165, 1.54) is 31.2 Å². The van der Waals surface area contributed by atoms with Gasteiger partial charge in [0.15, 0.2) is 0 Å². The number of amides is 4. The van der Waals surface area contributed by atoms with Crippen molar-refractivity contribution in [3.05, 3.63) is 89.5 Å². The van der Waals surface area contributed by atoms with Crippen LogP contribution in [0.4, 0.5) is 4.79 Å². The Labute approximate surface area is 297 Å². The summed E-state index contributed by atoms with van der Waals surface area (Å²) < 4.78 is 5.44. The molecule has 3 aromatic carbocycles. The van der Waals surface area contributed by atoms with Gasteiger partial charge in [0.25, 0.3) is 0 Å². The summed E-state index contributed by atoms with van der Waals surface area (Å²) in [4.78, 5) is 87.4. The quantitative estimate of drug-likeness (QED) is 0.0993. The zero-order valence-electron chi connectivity index (χ0n) is 27.9. The fourth-order valence-corrected chi connectivity index (χ4v) is 5.70. The Morgan fingerprint density at radius 3 is 1.77 bits per heavy atom. The number of carboxylic acid groups (broad SMARTS) is 3. The molecule has 16 nitrogen and oxygen atoms in total. The Bertz CT molecular complexity index is 1780. The van der Waals surface area contributed by atoms with E-state index in [0.717, 1.165) is 22.3 Å². The molecule has 4 amide bonds. The fourth-order valence-electron chi connectivity index (χ4n) is 5.70. The second-order valence-corrected chi connectivity index (χ2v) is 12.1. The van der Waals surface area contributed by atoms with Gasteiger partial charge in [-0.2, -0.15) is 0 Å². The number of nitrogens with one attached hydrogen (secondary N) is 4. The molecule has 0 radical (unpaired) electrons. The molecular weight excluding hydrogens is 680 g/mol. The van der Waals surface area contributed by atoms with Gasteiger partial charge in [-0.1, -0.05) is 60.7 Å². The first kappa shape index (κ1) is 38.4. The van der Waals surface area contributed by atoms with E-state index in [2.05, 4.69) is 21.3 Å². The molecule has 8 N–H and O–H groups in total. The molecule has 1 aliphatic carbocycles. The summed E-state index contributed by atoms with van der Waals surface area (Å²) in [6, 6.07) is 14.5. The molecule has 0 bridgehead atoms. The van der Waals surface area contributed by atoms with E-state index in [0.29, 0.717) is 5.56 Å². The van der Waals surface area contributed by atoms with Crippen molar-refractivity contribution in [2.75, 3.05) is 6.61 Å². The SMILES string of the molecule is C[C@H](NC(=O)[C@H](Cc1ccc(O)cc1)NC(=O)[C@H](CCC(=O)O)NC(=O)[C@H](CC(=O)O)NC(=O)OCC1c2ccccc2-c2ccccc21)C(=O)O. The van der Waals surface area contributed by atoms with Crippen LogP contribution < -0.4 is 21.3 Å². The lowest BCUT2D eigenvalue weighted by molar-refractivity contribution is -0.141. The van der Waals surface area contributed by atoms with E-state index in [9.17, 15) is 54.0 Å². The summed E-state index contributed by atoms with van der Waals surface area (Å²) in [7, 11) is 0. The minimum Gasteiger partial charge on any atom is -0.508 e. The smallest absolute Gasteiger partial charge is 0.407 e. The molecule has 0 unspecified atom stereocenters. The number of hydrogen-bond donors (Lipinski definition) is 8. The Hall–Kier alpha value is -6.45. The van der Waals surface area contributed by atoms with Crippen LogP contribution in [0, 0.1) is 0 Å². The third-order valence-electron chi connectivity index (χ3n) is 8.35. The summed E-state index contributed by atoms with van der Waals surface area (Å²) in [6.45, 7) is 1.05. The first-order valence-corrected chi connectivity index (χ1v) is 16.2. The Morgan fingerprint density at radius 2 is 1.21 bits per heavy atom. The van der Waals surface area contributed by atoms with Crippen LogP contribution >= 0.6 is 0 Å². The number of carbonyl (C=O) groups excluding carboxylic acids is 4. The predicted octanol–water partition coefficient (Wildman–Crippen LogP) is 1.74. The number of aliphatic carboxylic acids is 3. The van der Waals surface area contributed by atoms with Crippen molar-refractivity contribution in [2.24, 2.45) is 0 Å². The molecule has 4 rings (SSSR count). The van der Waals surface area contributed by atoms with Crippen molar-refractivity contribution in [3.8, 4) is 16.9 Å². The van der Waals surface area contributed by atoms with Gasteiger partial charge in [0, 0.05) is 18.8 Å². The number of ether oxygens (including phenoxy) is 1. The molecular formula is C36H38N4O12. The van der Waals surface area contributed by atoms with Gasteiger partial charge in [0.05, 0.1) is 6.42 Å². The number of benzene rings is 3. The number of alkyl carbamates (subject to hydrolysis) is 1. The number of hydrogen-bond acceptors (Lipinski definition) is 9. The molecule has 4 atom stereocenters. The van der Waals surface area contributed by atoms with Crippen molar-refractivity contribution in [3.63, 3.8) is 0 Å². The summed E-state index contributed by atoms with van der Waals surface area (Å²) in [6.07, 6.45) is -3.38. The van der Waals surface area contributed by atoms with Gasteiger partial charge in [-0.05, 0) is 53.3 Å². The number of phenolic OH excluding ortho intramolecular Hbond substituents is 1. The van der Waals surface area contributed by atoms with E-state index in [-0.39, 0.29) is 24.7 Å². The van der Waals surface area contributed by atoms with Crippen LogP contribution in [0.25, 0.3) is 11.1 Å². The van der Waals surface area contributed by atoms with Gasteiger partial charge < -0.3 is 46.4 Å². The molecule has 52 heavy (non-hydrogen) atoms. The van der Waals surface area contributed by atoms with Crippen molar-refractivity contribution < 1.29 is 58.7 Å². The third-order valence-corrected chi connectivity index (χ3v) is 8.35. The maximum atomic E-state index is 13.5. The van der Waals surface area contributed by atoms with Crippen molar-refractivity contribution in [1.29, 1.82) is 0 Å². The highest BCUT2D eigenvalue weighted by Crippen LogP contribution is 2.44. The zero-order valence-corrected chi connectivity index (χ0v) is 27.9. The minimum absolute atomic E-state index is 0.0765. The lowest BCUT2D eigenvalue weighted by atomic mass is 9.98. The largest absolute Gasteiger partial charge is 0.508 e. The maximum absolute atomic E-state index is 13.5. The minimum atomic E-state index is -1.76. The van der Waals surface area contributed by atoms with Crippen LogP contribution in [0.15, 0.2) is 72.8 Å². The number of carbonyl (C=O) groups is 7. The normalized spacial score (nSPS) is 13.9.